The molecule has 2 aromatic heterocycles. The number of aromatic nitrogens is 4. The molecule has 7 N–H and O–H groups in total. The third kappa shape index (κ3) is 7.16. The third-order valence-corrected chi connectivity index (χ3v) is 8.63. The van der Waals surface area contributed by atoms with Gasteiger partial charge in [-0.3, -0.25) is 14.8 Å². The van der Waals surface area contributed by atoms with Gasteiger partial charge in [-0.15, -0.1) is 0 Å². The summed E-state index contributed by atoms with van der Waals surface area (Å²) in [6.45, 7) is 0.755. The third-order valence-electron chi connectivity index (χ3n) is 7.83. The second-order valence-corrected chi connectivity index (χ2v) is 12.7. The predicted molar refractivity (Wildman–Crippen MR) is 180 cm³/mol. The molecule has 12 nitrogen and oxygen atoms in total. The number of imidazole rings is 2. The maximum atomic E-state index is 13.2. The van der Waals surface area contributed by atoms with E-state index in [1.165, 1.54) is 5.39 Å². The molecule has 0 spiro atoms. The number of aryl methyl sites for hydroxylation is 3. The zero-order valence-electron chi connectivity index (χ0n) is 25.0. The van der Waals surface area contributed by atoms with Crippen LogP contribution in [0.2, 0.25) is 0 Å². The highest BCUT2D eigenvalue weighted by Crippen LogP contribution is 2.23. The number of amides is 1. The van der Waals surface area contributed by atoms with Gasteiger partial charge in [-0.1, -0.05) is 42.5 Å². The van der Waals surface area contributed by atoms with Gasteiger partial charge in [-0.2, -0.15) is 8.42 Å². The van der Waals surface area contributed by atoms with E-state index in [1.54, 1.807) is 30.3 Å². The molecule has 1 amide bonds. The summed E-state index contributed by atoms with van der Waals surface area (Å²) in [4.78, 5) is 26.0. The van der Waals surface area contributed by atoms with E-state index in [2.05, 4.69) is 44.9 Å². The minimum atomic E-state index is -4.13. The number of rotatable bonds is 12. The van der Waals surface area contributed by atoms with E-state index in [0.717, 1.165) is 27.8 Å². The van der Waals surface area contributed by atoms with Crippen LogP contribution in [-0.4, -0.2) is 56.7 Å². The first kappa shape index (κ1) is 30.7. The SMILES string of the molecule is N=C(N)Nc1ccc2[nH]c(CCc3nc4ccc(C(=O)NCCc5cccc6ccccc56)cc4n3CCCS(=O)(=O)O)nc2c1. The molecule has 0 unspecified atom stereocenters. The van der Waals surface area contributed by atoms with Gasteiger partial charge in [0.05, 0.1) is 27.8 Å². The van der Waals surface area contributed by atoms with Crippen LogP contribution in [0.3, 0.4) is 0 Å². The largest absolute Gasteiger partial charge is 0.370 e. The highest BCUT2D eigenvalue weighted by atomic mass is 32.2. The quantitative estimate of drug-likeness (QED) is 0.0645. The van der Waals surface area contributed by atoms with Crippen LogP contribution in [0.4, 0.5) is 5.69 Å². The number of anilines is 1. The minimum absolute atomic E-state index is 0.162. The number of H-pyrrole nitrogens is 1. The van der Waals surface area contributed by atoms with Crippen molar-refractivity contribution in [2.24, 2.45) is 5.73 Å². The van der Waals surface area contributed by atoms with Gasteiger partial charge in [-0.25, -0.2) is 9.97 Å². The summed E-state index contributed by atoms with van der Waals surface area (Å²) in [5, 5.41) is 15.5. The molecular weight excluding hydrogens is 604 g/mol. The van der Waals surface area contributed by atoms with Crippen molar-refractivity contribution in [3.63, 3.8) is 0 Å². The van der Waals surface area contributed by atoms with Crippen molar-refractivity contribution < 1.29 is 17.8 Å². The highest BCUT2D eigenvalue weighted by molar-refractivity contribution is 7.85. The van der Waals surface area contributed by atoms with Gasteiger partial charge in [0.25, 0.3) is 16.0 Å². The molecule has 0 saturated heterocycles. The smallest absolute Gasteiger partial charge is 0.264 e. The van der Waals surface area contributed by atoms with Gasteiger partial charge < -0.3 is 25.9 Å². The summed E-state index contributed by atoms with van der Waals surface area (Å²) in [6, 6.07) is 25.1. The summed E-state index contributed by atoms with van der Waals surface area (Å²) in [5.41, 5.74) is 10.7. The first-order valence-electron chi connectivity index (χ1n) is 14.9. The van der Waals surface area contributed by atoms with Gasteiger partial charge in [0, 0.05) is 37.2 Å². The van der Waals surface area contributed by atoms with Crippen LogP contribution in [0.5, 0.6) is 0 Å². The Morgan fingerprint density at radius 3 is 2.61 bits per heavy atom. The van der Waals surface area contributed by atoms with Crippen molar-refractivity contribution in [2.75, 3.05) is 17.6 Å². The van der Waals surface area contributed by atoms with E-state index < -0.39 is 10.1 Å². The van der Waals surface area contributed by atoms with Crippen molar-refractivity contribution in [3.05, 3.63) is 102 Å². The zero-order chi connectivity index (χ0) is 32.3. The number of hydrogen-bond donors (Lipinski definition) is 6. The van der Waals surface area contributed by atoms with Crippen LogP contribution in [0.15, 0.2) is 78.9 Å². The summed E-state index contributed by atoms with van der Waals surface area (Å²) in [7, 11) is -4.13. The van der Waals surface area contributed by atoms with E-state index in [4.69, 9.17) is 16.1 Å². The van der Waals surface area contributed by atoms with Gasteiger partial charge in [-0.05, 0) is 65.6 Å². The topological polar surface area (TPSA) is 192 Å². The van der Waals surface area contributed by atoms with Crippen LogP contribution >= 0.6 is 0 Å². The molecule has 46 heavy (non-hydrogen) atoms. The Hall–Kier alpha value is -5.27. The zero-order valence-corrected chi connectivity index (χ0v) is 25.8. The Labute approximate surface area is 265 Å². The number of hydrogen-bond acceptors (Lipinski definition) is 6. The van der Waals surface area contributed by atoms with Gasteiger partial charge in [0.2, 0.25) is 0 Å². The fraction of sp³-hybridized carbons (Fsp3) is 0.212. The van der Waals surface area contributed by atoms with Crippen LogP contribution in [0.25, 0.3) is 32.8 Å². The van der Waals surface area contributed by atoms with Crippen molar-refractivity contribution in [2.45, 2.75) is 32.2 Å². The normalized spacial score (nSPS) is 11.8. The maximum Gasteiger partial charge on any atom is 0.264 e. The van der Waals surface area contributed by atoms with Crippen LogP contribution in [0, 0.1) is 5.41 Å². The number of nitrogens with two attached hydrogens (primary N) is 1. The number of carbonyl (C=O) groups is 1. The number of aromatic amines is 1. The molecule has 0 bridgehead atoms. The Morgan fingerprint density at radius 2 is 1.78 bits per heavy atom. The summed E-state index contributed by atoms with van der Waals surface area (Å²) in [6.07, 6.45) is 1.87. The minimum Gasteiger partial charge on any atom is -0.370 e. The predicted octanol–water partition coefficient (Wildman–Crippen LogP) is 4.41. The first-order chi connectivity index (χ1) is 22.1. The van der Waals surface area contributed by atoms with Crippen LogP contribution in [0.1, 0.15) is 34.0 Å². The van der Waals surface area contributed by atoms with E-state index in [-0.39, 0.29) is 30.6 Å². The van der Waals surface area contributed by atoms with Crippen molar-refractivity contribution in [3.8, 4) is 0 Å². The van der Waals surface area contributed by atoms with E-state index >= 15 is 0 Å². The Bertz CT molecular complexity index is 2180. The molecular formula is C33H34N8O4S. The van der Waals surface area contributed by atoms with E-state index in [1.807, 2.05) is 28.8 Å². The lowest BCUT2D eigenvalue weighted by Crippen LogP contribution is -2.25. The average Bonchev–Trinajstić information content (AvgIpc) is 3.59. The maximum absolute atomic E-state index is 13.2. The summed E-state index contributed by atoms with van der Waals surface area (Å²) < 4.78 is 34.1. The standard InChI is InChI=1S/C33H34N8O4S/c34-33(35)37-24-10-12-26-28(20-24)39-30(38-26)13-14-31-40-27-11-9-23(19-29(27)41(31)17-4-18-46(43,44)45)32(42)36-16-15-22-7-3-6-21-5-1-2-8-25(21)22/h1-3,5-12,19-20H,4,13-18H2,(H,36,42)(H,38,39)(H4,34,35,37)(H,43,44,45). The van der Waals surface area contributed by atoms with Crippen LogP contribution < -0.4 is 16.4 Å². The Balaban J connectivity index is 1.20. The fourth-order valence-electron chi connectivity index (χ4n) is 5.72. The van der Waals surface area contributed by atoms with Gasteiger partial charge in [0.1, 0.15) is 11.6 Å². The number of carbonyl (C=O) groups excluding carboxylic acids is 1. The Morgan fingerprint density at radius 1 is 0.957 bits per heavy atom. The number of guanidine groups is 1. The van der Waals surface area contributed by atoms with Crippen molar-refractivity contribution in [1.82, 2.24) is 24.8 Å². The second-order valence-electron chi connectivity index (χ2n) is 11.1. The molecule has 0 atom stereocenters. The molecule has 0 fully saturated rings. The van der Waals surface area contributed by atoms with Crippen molar-refractivity contribution >= 4 is 60.5 Å². The molecule has 0 saturated carbocycles. The lowest BCUT2D eigenvalue weighted by atomic mass is 10.0. The lowest BCUT2D eigenvalue weighted by Gasteiger charge is -2.10. The number of nitrogens with one attached hydrogen (secondary N) is 4. The van der Waals surface area contributed by atoms with Crippen molar-refractivity contribution in [1.29, 1.82) is 5.41 Å². The van der Waals surface area contributed by atoms with E-state index in [9.17, 15) is 17.8 Å². The van der Waals surface area contributed by atoms with E-state index in [0.29, 0.717) is 53.9 Å². The summed E-state index contributed by atoms with van der Waals surface area (Å²) >= 11 is 0. The monoisotopic (exact) mass is 638 g/mol. The lowest BCUT2D eigenvalue weighted by molar-refractivity contribution is 0.0954. The molecule has 0 aliphatic carbocycles. The molecule has 6 rings (SSSR count). The van der Waals surface area contributed by atoms with Crippen LogP contribution in [-0.2, 0) is 35.9 Å². The molecule has 2 heterocycles. The summed E-state index contributed by atoms with van der Waals surface area (Å²) in [5.74, 6) is 0.677. The molecule has 0 aliphatic heterocycles. The average molecular weight is 639 g/mol. The van der Waals surface area contributed by atoms with Gasteiger partial charge in [0.15, 0.2) is 5.96 Å². The molecule has 4 aromatic carbocycles. The number of nitrogens with zero attached hydrogens (tertiary/aromatic N) is 3. The molecule has 236 valence electrons. The fourth-order valence-corrected chi connectivity index (χ4v) is 6.22. The molecule has 0 radical (unpaired) electrons. The molecule has 0 aliphatic rings. The molecule has 13 heteroatoms. The second kappa shape index (κ2) is 13.0. The highest BCUT2D eigenvalue weighted by Gasteiger charge is 2.16. The Kier molecular flexibility index (Phi) is 8.68. The van der Waals surface area contributed by atoms with Gasteiger partial charge >= 0.3 is 0 Å². The molecule has 6 aromatic rings. The number of benzene rings is 4. The number of fused-ring (bicyclic) bond motifs is 3. The first-order valence-corrected chi connectivity index (χ1v) is 16.5.